The highest BCUT2D eigenvalue weighted by atomic mass is 35.5. The van der Waals surface area contributed by atoms with Crippen molar-refractivity contribution in [1.82, 2.24) is 14.9 Å². The van der Waals surface area contributed by atoms with Crippen LogP contribution in [-0.4, -0.2) is 22.0 Å². The van der Waals surface area contributed by atoms with E-state index < -0.39 is 5.41 Å². The molecule has 0 fully saturated rings. The summed E-state index contributed by atoms with van der Waals surface area (Å²) in [5.41, 5.74) is 0.548. The van der Waals surface area contributed by atoms with Gasteiger partial charge in [0.1, 0.15) is 0 Å². The standard InChI is InChI=1S/C20H22ClN3OS/c1-20(2,19(25)23-10-3-12-24-13-11-22-14-24)18-9-8-17(26-18)15-4-6-16(21)7-5-15/h4-9,11,13-14H,3,10,12H2,1-2H3,(H,23,25). The van der Waals surface area contributed by atoms with Crippen molar-refractivity contribution < 1.29 is 4.79 Å². The normalized spacial score (nSPS) is 11.5. The first kappa shape index (κ1) is 18.7. The van der Waals surface area contributed by atoms with E-state index in [-0.39, 0.29) is 5.91 Å². The van der Waals surface area contributed by atoms with Crippen LogP contribution in [0.5, 0.6) is 0 Å². The first-order valence-corrected chi connectivity index (χ1v) is 9.76. The maximum Gasteiger partial charge on any atom is 0.230 e. The highest BCUT2D eigenvalue weighted by Crippen LogP contribution is 2.35. The first-order chi connectivity index (χ1) is 12.5. The summed E-state index contributed by atoms with van der Waals surface area (Å²) in [7, 11) is 0. The van der Waals surface area contributed by atoms with Crippen molar-refractivity contribution in [2.24, 2.45) is 0 Å². The van der Waals surface area contributed by atoms with Gasteiger partial charge in [-0.1, -0.05) is 23.7 Å². The van der Waals surface area contributed by atoms with Crippen molar-refractivity contribution in [2.75, 3.05) is 6.54 Å². The number of amides is 1. The Morgan fingerprint density at radius 2 is 2.00 bits per heavy atom. The molecule has 2 aromatic heterocycles. The molecule has 6 heteroatoms. The largest absolute Gasteiger partial charge is 0.355 e. The summed E-state index contributed by atoms with van der Waals surface area (Å²) >= 11 is 7.61. The molecular weight excluding hydrogens is 366 g/mol. The molecule has 0 aliphatic rings. The molecular formula is C20H22ClN3OS. The minimum absolute atomic E-state index is 0.0487. The van der Waals surface area contributed by atoms with Gasteiger partial charge in [-0.3, -0.25) is 4.79 Å². The molecule has 0 radical (unpaired) electrons. The fraction of sp³-hybridized carbons (Fsp3) is 0.300. The number of nitrogens with one attached hydrogen (secondary N) is 1. The zero-order valence-corrected chi connectivity index (χ0v) is 16.5. The maximum absolute atomic E-state index is 12.7. The number of aryl methyl sites for hydroxylation is 1. The van der Waals surface area contributed by atoms with Gasteiger partial charge in [-0.2, -0.15) is 0 Å². The van der Waals surface area contributed by atoms with Gasteiger partial charge in [-0.05, 0) is 50.1 Å². The molecule has 0 saturated heterocycles. The monoisotopic (exact) mass is 387 g/mol. The van der Waals surface area contributed by atoms with Crippen molar-refractivity contribution in [2.45, 2.75) is 32.2 Å². The highest BCUT2D eigenvalue weighted by Gasteiger charge is 2.31. The molecule has 4 nitrogen and oxygen atoms in total. The summed E-state index contributed by atoms with van der Waals surface area (Å²) in [5, 5.41) is 3.78. The van der Waals surface area contributed by atoms with E-state index in [0.717, 1.165) is 33.3 Å². The number of nitrogens with zero attached hydrogens (tertiary/aromatic N) is 2. The van der Waals surface area contributed by atoms with Gasteiger partial charge in [-0.25, -0.2) is 4.98 Å². The summed E-state index contributed by atoms with van der Waals surface area (Å²) in [6.45, 7) is 5.43. The summed E-state index contributed by atoms with van der Waals surface area (Å²) in [5.74, 6) is 0.0487. The van der Waals surface area contributed by atoms with Gasteiger partial charge in [0.15, 0.2) is 0 Å². The van der Waals surface area contributed by atoms with E-state index in [1.807, 2.05) is 54.9 Å². The number of halogens is 1. The zero-order chi connectivity index (χ0) is 18.6. The van der Waals surface area contributed by atoms with E-state index in [0.29, 0.717) is 6.54 Å². The number of hydrogen-bond acceptors (Lipinski definition) is 3. The topological polar surface area (TPSA) is 46.9 Å². The lowest BCUT2D eigenvalue weighted by Gasteiger charge is -2.22. The summed E-state index contributed by atoms with van der Waals surface area (Å²) in [6, 6.07) is 11.9. The molecule has 2 heterocycles. The first-order valence-electron chi connectivity index (χ1n) is 8.57. The van der Waals surface area contributed by atoms with Crippen LogP contribution in [0.15, 0.2) is 55.1 Å². The molecule has 3 aromatic rings. The van der Waals surface area contributed by atoms with Crippen molar-refractivity contribution >= 4 is 28.8 Å². The lowest BCUT2D eigenvalue weighted by atomic mass is 9.90. The summed E-state index contributed by atoms with van der Waals surface area (Å²) < 4.78 is 2.01. The van der Waals surface area contributed by atoms with E-state index in [9.17, 15) is 4.79 Å². The molecule has 3 rings (SSSR count). The number of carbonyl (C=O) groups excluding carboxylic acids is 1. The van der Waals surface area contributed by atoms with Gasteiger partial charge in [0, 0.05) is 40.3 Å². The van der Waals surface area contributed by atoms with Crippen LogP contribution in [0.1, 0.15) is 25.1 Å². The van der Waals surface area contributed by atoms with Crippen LogP contribution >= 0.6 is 22.9 Å². The van der Waals surface area contributed by atoms with Crippen LogP contribution in [0.3, 0.4) is 0 Å². The second kappa shape index (κ2) is 8.06. The third kappa shape index (κ3) is 4.34. The van der Waals surface area contributed by atoms with Gasteiger partial charge in [0.05, 0.1) is 11.7 Å². The van der Waals surface area contributed by atoms with Crippen molar-refractivity contribution in [1.29, 1.82) is 0 Å². The number of aromatic nitrogens is 2. The van der Waals surface area contributed by atoms with E-state index >= 15 is 0 Å². The fourth-order valence-electron chi connectivity index (χ4n) is 2.66. The van der Waals surface area contributed by atoms with Crippen molar-refractivity contribution in [3.05, 3.63) is 65.0 Å². The Kier molecular flexibility index (Phi) is 5.79. The van der Waals surface area contributed by atoms with E-state index in [4.69, 9.17) is 11.6 Å². The number of thiophene rings is 1. The van der Waals surface area contributed by atoms with Crippen LogP contribution in [0.4, 0.5) is 0 Å². The lowest BCUT2D eigenvalue weighted by Crippen LogP contribution is -2.40. The Bertz CT molecular complexity index is 854. The Labute approximate surface area is 162 Å². The number of benzene rings is 1. The third-order valence-electron chi connectivity index (χ3n) is 4.36. The molecule has 0 aliphatic heterocycles. The Hall–Kier alpha value is -2.11. The predicted octanol–water partition coefficient (Wildman–Crippen LogP) is 4.75. The van der Waals surface area contributed by atoms with Gasteiger partial charge in [-0.15, -0.1) is 11.3 Å². The number of carbonyl (C=O) groups is 1. The van der Waals surface area contributed by atoms with E-state index in [1.54, 1.807) is 23.9 Å². The molecule has 0 aliphatic carbocycles. The second-order valence-electron chi connectivity index (χ2n) is 6.71. The predicted molar refractivity (Wildman–Crippen MR) is 108 cm³/mol. The Balaban J connectivity index is 1.59. The van der Waals surface area contributed by atoms with Gasteiger partial charge in [0.25, 0.3) is 0 Å². The highest BCUT2D eigenvalue weighted by molar-refractivity contribution is 7.15. The number of imidazole rings is 1. The summed E-state index contributed by atoms with van der Waals surface area (Å²) in [6.07, 6.45) is 6.35. The van der Waals surface area contributed by atoms with Crippen molar-refractivity contribution in [3.8, 4) is 10.4 Å². The van der Waals surface area contributed by atoms with Crippen LogP contribution in [0.2, 0.25) is 5.02 Å². The minimum atomic E-state index is -0.565. The Morgan fingerprint density at radius 1 is 1.23 bits per heavy atom. The van der Waals surface area contributed by atoms with Crippen LogP contribution in [0, 0.1) is 0 Å². The van der Waals surface area contributed by atoms with E-state index in [2.05, 4.69) is 16.4 Å². The number of rotatable bonds is 7. The third-order valence-corrected chi connectivity index (χ3v) is 6.07. The average Bonchev–Trinajstić information content (AvgIpc) is 3.31. The quantitative estimate of drug-likeness (QED) is 0.594. The number of hydrogen-bond donors (Lipinski definition) is 1. The molecule has 1 aromatic carbocycles. The van der Waals surface area contributed by atoms with Crippen LogP contribution in [-0.2, 0) is 16.8 Å². The van der Waals surface area contributed by atoms with Crippen LogP contribution < -0.4 is 5.32 Å². The van der Waals surface area contributed by atoms with E-state index in [1.165, 1.54) is 0 Å². The molecule has 26 heavy (non-hydrogen) atoms. The van der Waals surface area contributed by atoms with Gasteiger partial charge in [0.2, 0.25) is 5.91 Å². The van der Waals surface area contributed by atoms with Crippen LogP contribution in [0.25, 0.3) is 10.4 Å². The molecule has 1 N–H and O–H groups in total. The van der Waals surface area contributed by atoms with Crippen molar-refractivity contribution in [3.63, 3.8) is 0 Å². The minimum Gasteiger partial charge on any atom is -0.355 e. The van der Waals surface area contributed by atoms with Gasteiger partial charge >= 0.3 is 0 Å². The fourth-order valence-corrected chi connectivity index (χ4v) is 3.90. The molecule has 136 valence electrons. The summed E-state index contributed by atoms with van der Waals surface area (Å²) in [4.78, 5) is 18.9. The zero-order valence-electron chi connectivity index (χ0n) is 14.9. The maximum atomic E-state index is 12.7. The smallest absolute Gasteiger partial charge is 0.230 e. The second-order valence-corrected chi connectivity index (χ2v) is 8.23. The average molecular weight is 388 g/mol. The molecule has 0 unspecified atom stereocenters. The molecule has 1 amide bonds. The SMILES string of the molecule is CC(C)(C(=O)NCCCn1ccnc1)c1ccc(-c2ccc(Cl)cc2)s1. The molecule has 0 bridgehead atoms. The Morgan fingerprint density at radius 3 is 2.69 bits per heavy atom. The lowest BCUT2D eigenvalue weighted by molar-refractivity contribution is -0.125. The molecule has 0 spiro atoms. The van der Waals surface area contributed by atoms with Gasteiger partial charge < -0.3 is 9.88 Å². The molecule has 0 saturated carbocycles. The molecule has 0 atom stereocenters.